The molecule has 0 aliphatic carbocycles. The molecule has 5 heteroatoms. The lowest BCUT2D eigenvalue weighted by atomic mass is 10.2. The fourth-order valence-electron chi connectivity index (χ4n) is 1.10. The van der Waals surface area contributed by atoms with Crippen molar-refractivity contribution in [1.29, 1.82) is 0 Å². The van der Waals surface area contributed by atoms with Crippen molar-refractivity contribution in [2.45, 2.75) is 6.61 Å². The first kappa shape index (κ1) is 13.5. The second-order valence-electron chi connectivity index (χ2n) is 3.71. The SMILES string of the molecule is CN(C)CCOCc1cc(F)c(F)cc1Br. The van der Waals surface area contributed by atoms with Gasteiger partial charge in [0.2, 0.25) is 0 Å². The van der Waals surface area contributed by atoms with Crippen LogP contribution in [0.25, 0.3) is 0 Å². The van der Waals surface area contributed by atoms with Crippen molar-refractivity contribution in [3.05, 3.63) is 33.8 Å². The maximum atomic E-state index is 12.9. The zero-order chi connectivity index (χ0) is 12.1. The molecule has 0 heterocycles. The lowest BCUT2D eigenvalue weighted by molar-refractivity contribution is 0.105. The van der Waals surface area contributed by atoms with Crippen LogP contribution in [0, 0.1) is 11.6 Å². The molecule has 1 rings (SSSR count). The highest BCUT2D eigenvalue weighted by Gasteiger charge is 2.07. The second-order valence-corrected chi connectivity index (χ2v) is 4.57. The molecule has 16 heavy (non-hydrogen) atoms. The summed E-state index contributed by atoms with van der Waals surface area (Å²) in [7, 11) is 3.88. The van der Waals surface area contributed by atoms with E-state index >= 15 is 0 Å². The van der Waals surface area contributed by atoms with Gasteiger partial charge in [0.25, 0.3) is 0 Å². The zero-order valence-corrected chi connectivity index (χ0v) is 10.9. The van der Waals surface area contributed by atoms with Gasteiger partial charge in [-0.1, -0.05) is 15.9 Å². The standard InChI is InChI=1S/C11H14BrF2NO/c1-15(2)3-4-16-7-8-5-10(13)11(14)6-9(8)12/h5-6H,3-4,7H2,1-2H3. The summed E-state index contributed by atoms with van der Waals surface area (Å²) in [5.74, 6) is -1.71. The zero-order valence-electron chi connectivity index (χ0n) is 9.27. The summed E-state index contributed by atoms with van der Waals surface area (Å²) in [6.45, 7) is 1.62. The Hall–Kier alpha value is -0.520. The van der Waals surface area contributed by atoms with E-state index in [0.29, 0.717) is 16.6 Å². The third-order valence-corrected chi connectivity index (χ3v) is 2.77. The largest absolute Gasteiger partial charge is 0.375 e. The number of ether oxygens (including phenoxy) is 1. The summed E-state index contributed by atoms with van der Waals surface area (Å²) in [5.41, 5.74) is 0.609. The quantitative estimate of drug-likeness (QED) is 0.611. The molecule has 0 saturated heterocycles. The topological polar surface area (TPSA) is 12.5 Å². The van der Waals surface area contributed by atoms with Crippen LogP contribution in [0.15, 0.2) is 16.6 Å². The van der Waals surface area contributed by atoms with Gasteiger partial charge in [-0.05, 0) is 31.8 Å². The molecule has 1 aromatic carbocycles. The minimum Gasteiger partial charge on any atom is -0.375 e. The van der Waals surface area contributed by atoms with Crippen LogP contribution in [0.3, 0.4) is 0 Å². The molecule has 0 bridgehead atoms. The van der Waals surface area contributed by atoms with E-state index in [2.05, 4.69) is 15.9 Å². The molecule has 90 valence electrons. The molecule has 0 fully saturated rings. The Kier molecular flexibility index (Phi) is 5.31. The number of benzene rings is 1. The van der Waals surface area contributed by atoms with Gasteiger partial charge in [-0.3, -0.25) is 0 Å². The van der Waals surface area contributed by atoms with E-state index in [-0.39, 0.29) is 6.61 Å². The van der Waals surface area contributed by atoms with Crippen molar-refractivity contribution in [2.24, 2.45) is 0 Å². The van der Waals surface area contributed by atoms with Crippen molar-refractivity contribution < 1.29 is 13.5 Å². The van der Waals surface area contributed by atoms with Crippen molar-refractivity contribution in [3.63, 3.8) is 0 Å². The normalized spacial score (nSPS) is 11.1. The van der Waals surface area contributed by atoms with Crippen LogP contribution < -0.4 is 0 Å². The molecule has 0 saturated carbocycles. The van der Waals surface area contributed by atoms with E-state index in [9.17, 15) is 8.78 Å². The van der Waals surface area contributed by atoms with Gasteiger partial charge in [0.15, 0.2) is 11.6 Å². The van der Waals surface area contributed by atoms with Gasteiger partial charge in [-0.2, -0.15) is 0 Å². The molecule has 0 aliphatic heterocycles. The average Bonchev–Trinajstić information content (AvgIpc) is 2.19. The number of nitrogens with zero attached hydrogens (tertiary/aromatic N) is 1. The number of rotatable bonds is 5. The van der Waals surface area contributed by atoms with Gasteiger partial charge in [0.1, 0.15) is 0 Å². The van der Waals surface area contributed by atoms with Gasteiger partial charge in [0.05, 0.1) is 13.2 Å². The molecular formula is C11H14BrF2NO. The molecule has 1 aromatic rings. The molecule has 2 nitrogen and oxygen atoms in total. The summed E-state index contributed by atoms with van der Waals surface area (Å²) in [6, 6.07) is 2.26. The first-order valence-electron chi connectivity index (χ1n) is 4.86. The molecule has 0 spiro atoms. The summed E-state index contributed by atoms with van der Waals surface area (Å²) < 4.78 is 31.6. The third-order valence-electron chi connectivity index (χ3n) is 2.03. The average molecular weight is 294 g/mol. The number of hydrogen-bond donors (Lipinski definition) is 0. The van der Waals surface area contributed by atoms with Gasteiger partial charge < -0.3 is 9.64 Å². The number of halogens is 3. The lowest BCUT2D eigenvalue weighted by Gasteiger charge is -2.10. The van der Waals surface area contributed by atoms with Gasteiger partial charge in [-0.15, -0.1) is 0 Å². The van der Waals surface area contributed by atoms with Gasteiger partial charge in [0, 0.05) is 11.0 Å². The molecule has 0 unspecified atom stereocenters. The van der Waals surface area contributed by atoms with Gasteiger partial charge in [-0.25, -0.2) is 8.78 Å². The van der Waals surface area contributed by atoms with Crippen LogP contribution in [-0.2, 0) is 11.3 Å². The summed E-state index contributed by atoms with van der Waals surface area (Å²) in [6.07, 6.45) is 0. The van der Waals surface area contributed by atoms with E-state index in [0.717, 1.165) is 18.7 Å². The molecule has 0 radical (unpaired) electrons. The Morgan fingerprint density at radius 2 is 1.88 bits per heavy atom. The Morgan fingerprint density at radius 1 is 1.25 bits per heavy atom. The molecule has 0 amide bonds. The molecule has 0 atom stereocenters. The van der Waals surface area contributed by atoms with Crippen molar-refractivity contribution >= 4 is 15.9 Å². The van der Waals surface area contributed by atoms with E-state index in [1.807, 2.05) is 19.0 Å². The molecule has 0 aromatic heterocycles. The van der Waals surface area contributed by atoms with E-state index in [1.54, 1.807) is 0 Å². The molecule has 0 aliphatic rings. The minimum atomic E-state index is -0.857. The minimum absolute atomic E-state index is 0.269. The highest BCUT2D eigenvalue weighted by atomic mass is 79.9. The van der Waals surface area contributed by atoms with Crippen LogP contribution in [0.4, 0.5) is 8.78 Å². The Labute approximate surface area is 102 Å². The fourth-order valence-corrected chi connectivity index (χ4v) is 1.53. The third kappa shape index (κ3) is 4.15. The Bertz CT molecular complexity index is 358. The van der Waals surface area contributed by atoms with Gasteiger partial charge >= 0.3 is 0 Å². The van der Waals surface area contributed by atoms with E-state index < -0.39 is 11.6 Å². The van der Waals surface area contributed by atoms with Crippen molar-refractivity contribution in [3.8, 4) is 0 Å². The predicted octanol–water partition coefficient (Wildman–Crippen LogP) is 2.81. The monoisotopic (exact) mass is 293 g/mol. The van der Waals surface area contributed by atoms with Crippen LogP contribution in [0.2, 0.25) is 0 Å². The first-order valence-corrected chi connectivity index (χ1v) is 5.66. The van der Waals surface area contributed by atoms with Crippen molar-refractivity contribution in [1.82, 2.24) is 4.90 Å². The summed E-state index contributed by atoms with van der Waals surface area (Å²) in [5, 5.41) is 0. The molecule has 0 N–H and O–H groups in total. The van der Waals surface area contributed by atoms with Crippen LogP contribution in [0.5, 0.6) is 0 Å². The summed E-state index contributed by atoms with van der Waals surface area (Å²) in [4.78, 5) is 1.99. The predicted molar refractivity (Wildman–Crippen MR) is 62.3 cm³/mol. The van der Waals surface area contributed by atoms with Crippen molar-refractivity contribution in [2.75, 3.05) is 27.2 Å². The second kappa shape index (κ2) is 6.27. The maximum Gasteiger partial charge on any atom is 0.159 e. The lowest BCUT2D eigenvalue weighted by Crippen LogP contribution is -2.18. The summed E-state index contributed by atoms with van der Waals surface area (Å²) >= 11 is 3.17. The fraction of sp³-hybridized carbons (Fsp3) is 0.455. The Morgan fingerprint density at radius 3 is 2.50 bits per heavy atom. The van der Waals surface area contributed by atoms with E-state index in [1.165, 1.54) is 0 Å². The maximum absolute atomic E-state index is 12.9. The first-order chi connectivity index (χ1) is 7.50. The van der Waals surface area contributed by atoms with Crippen LogP contribution in [0.1, 0.15) is 5.56 Å². The highest BCUT2D eigenvalue weighted by Crippen LogP contribution is 2.21. The molecular weight excluding hydrogens is 280 g/mol. The Balaban J connectivity index is 2.51. The van der Waals surface area contributed by atoms with Crippen LogP contribution in [-0.4, -0.2) is 32.1 Å². The highest BCUT2D eigenvalue weighted by molar-refractivity contribution is 9.10. The number of likely N-dealkylation sites (N-methyl/N-ethyl adjacent to an activating group) is 1. The van der Waals surface area contributed by atoms with Crippen LogP contribution >= 0.6 is 15.9 Å². The van der Waals surface area contributed by atoms with E-state index in [4.69, 9.17) is 4.74 Å². The number of hydrogen-bond acceptors (Lipinski definition) is 2. The smallest absolute Gasteiger partial charge is 0.159 e.